The van der Waals surface area contributed by atoms with Crippen LogP contribution >= 0.6 is 0 Å². The Labute approximate surface area is 185 Å². The number of aldehydes is 1. The van der Waals surface area contributed by atoms with Gasteiger partial charge in [-0.2, -0.15) is 0 Å². The topological polar surface area (TPSA) is 45.6 Å². The Morgan fingerprint density at radius 2 is 1.74 bits per heavy atom. The second kappa shape index (κ2) is 11.6. The van der Waals surface area contributed by atoms with Gasteiger partial charge >= 0.3 is 0 Å². The van der Waals surface area contributed by atoms with E-state index in [9.17, 15) is 9.59 Å². The van der Waals surface area contributed by atoms with Gasteiger partial charge in [0.15, 0.2) is 5.78 Å². The van der Waals surface area contributed by atoms with Crippen LogP contribution in [0.4, 0.5) is 0 Å². The fourth-order valence-corrected chi connectivity index (χ4v) is 3.70. The number of piperazine rings is 1. The van der Waals surface area contributed by atoms with Gasteiger partial charge in [0, 0.05) is 58.1 Å². The summed E-state index contributed by atoms with van der Waals surface area (Å²) in [6.45, 7) is 5.64. The molecule has 31 heavy (non-hydrogen) atoms. The molecule has 0 saturated carbocycles. The van der Waals surface area contributed by atoms with Gasteiger partial charge in [-0.15, -0.1) is 0 Å². The number of carbonyl (C=O) groups excluding carboxylic acids is 2. The van der Waals surface area contributed by atoms with Crippen LogP contribution in [0.3, 0.4) is 0 Å². The number of ketones is 1. The van der Waals surface area contributed by atoms with Gasteiger partial charge in [-0.25, -0.2) is 0 Å². The Kier molecular flexibility index (Phi) is 8.56. The predicted molar refractivity (Wildman–Crippen MR) is 127 cm³/mol. The first-order chi connectivity index (χ1) is 15.0. The lowest BCUT2D eigenvalue weighted by Crippen LogP contribution is -2.45. The molecule has 0 bridgehead atoms. The standard InChI is InChI=1S/C26H33N3O2/c1-27-16-18-29(19-17-27)15-13-22-5-7-23(8-6-22)20-24(21-30)9-11-26(31)12-10-25-4-3-14-28(25)2/h3-8,10,12,14,20-21H,9,11,13,15-19H2,1-2H3/b12-10+,24-20-. The number of allylic oxidation sites excluding steroid dienone is 2. The molecule has 0 radical (unpaired) electrons. The van der Waals surface area contributed by atoms with Gasteiger partial charge in [-0.1, -0.05) is 24.3 Å². The van der Waals surface area contributed by atoms with Crippen molar-refractivity contribution < 1.29 is 9.59 Å². The molecule has 2 heterocycles. The average Bonchev–Trinajstić information content (AvgIpc) is 3.20. The summed E-state index contributed by atoms with van der Waals surface area (Å²) < 4.78 is 1.95. The zero-order valence-corrected chi connectivity index (χ0v) is 18.7. The van der Waals surface area contributed by atoms with Crippen LogP contribution in [0, 0.1) is 0 Å². The molecule has 0 spiro atoms. The van der Waals surface area contributed by atoms with Crippen molar-refractivity contribution >= 4 is 24.2 Å². The average molecular weight is 420 g/mol. The van der Waals surface area contributed by atoms with Crippen molar-refractivity contribution in [3.8, 4) is 0 Å². The number of hydrogen-bond acceptors (Lipinski definition) is 4. The van der Waals surface area contributed by atoms with Crippen molar-refractivity contribution in [3.63, 3.8) is 0 Å². The van der Waals surface area contributed by atoms with Crippen LogP contribution in [0.5, 0.6) is 0 Å². The fourth-order valence-electron chi connectivity index (χ4n) is 3.70. The van der Waals surface area contributed by atoms with Crippen LogP contribution < -0.4 is 0 Å². The molecule has 0 aliphatic carbocycles. The molecule has 1 aromatic carbocycles. The normalized spacial score (nSPS) is 16.1. The van der Waals surface area contributed by atoms with E-state index >= 15 is 0 Å². The Hall–Kier alpha value is -2.76. The largest absolute Gasteiger partial charge is 0.351 e. The van der Waals surface area contributed by atoms with Crippen molar-refractivity contribution in [1.82, 2.24) is 14.4 Å². The third kappa shape index (κ3) is 7.46. The Bertz CT molecular complexity index is 916. The third-order valence-electron chi connectivity index (χ3n) is 5.88. The van der Waals surface area contributed by atoms with E-state index in [4.69, 9.17) is 0 Å². The minimum Gasteiger partial charge on any atom is -0.351 e. The van der Waals surface area contributed by atoms with E-state index in [0.717, 1.165) is 56.7 Å². The molecular weight excluding hydrogens is 386 g/mol. The number of nitrogens with zero attached hydrogens (tertiary/aromatic N) is 3. The van der Waals surface area contributed by atoms with Crippen LogP contribution in [-0.2, 0) is 23.1 Å². The molecular formula is C26H33N3O2. The first-order valence-corrected chi connectivity index (χ1v) is 11.0. The molecule has 5 nitrogen and oxygen atoms in total. The van der Waals surface area contributed by atoms with Crippen LogP contribution in [0.15, 0.2) is 54.2 Å². The highest BCUT2D eigenvalue weighted by Crippen LogP contribution is 2.13. The van der Waals surface area contributed by atoms with Crippen molar-refractivity contribution in [2.75, 3.05) is 39.8 Å². The summed E-state index contributed by atoms with van der Waals surface area (Å²) in [5, 5.41) is 0. The first-order valence-electron chi connectivity index (χ1n) is 11.0. The molecule has 3 rings (SSSR count). The lowest BCUT2D eigenvalue weighted by Gasteiger charge is -2.32. The minimum absolute atomic E-state index is 0.0215. The van der Waals surface area contributed by atoms with Gasteiger partial charge in [-0.3, -0.25) is 9.59 Å². The Balaban J connectivity index is 1.47. The number of hydrogen-bond donors (Lipinski definition) is 0. The molecule has 1 fully saturated rings. The van der Waals surface area contributed by atoms with Gasteiger partial charge in [-0.05, 0) is 67.0 Å². The van der Waals surface area contributed by atoms with E-state index in [1.54, 1.807) is 6.08 Å². The third-order valence-corrected chi connectivity index (χ3v) is 5.88. The highest BCUT2D eigenvalue weighted by molar-refractivity contribution is 5.94. The highest BCUT2D eigenvalue weighted by atomic mass is 16.1. The quantitative estimate of drug-likeness (QED) is 0.437. The van der Waals surface area contributed by atoms with Gasteiger partial charge in [0.2, 0.25) is 0 Å². The number of likely N-dealkylation sites (N-methyl/N-ethyl adjacent to an activating group) is 1. The summed E-state index contributed by atoms with van der Waals surface area (Å²) >= 11 is 0. The zero-order chi connectivity index (χ0) is 22.1. The lowest BCUT2D eigenvalue weighted by atomic mass is 10.0. The smallest absolute Gasteiger partial charge is 0.156 e. The number of benzene rings is 1. The fraction of sp³-hybridized carbons (Fsp3) is 0.385. The van der Waals surface area contributed by atoms with E-state index in [0.29, 0.717) is 18.4 Å². The van der Waals surface area contributed by atoms with Crippen molar-refractivity contribution in [1.29, 1.82) is 0 Å². The second-order valence-electron chi connectivity index (χ2n) is 8.32. The summed E-state index contributed by atoms with van der Waals surface area (Å²) in [6.07, 6.45) is 9.90. The Morgan fingerprint density at radius 1 is 1.00 bits per heavy atom. The van der Waals surface area contributed by atoms with Crippen LogP contribution in [0.2, 0.25) is 0 Å². The van der Waals surface area contributed by atoms with Gasteiger partial charge in [0.05, 0.1) is 0 Å². The molecule has 2 aromatic rings. The second-order valence-corrected chi connectivity index (χ2v) is 8.32. The molecule has 1 aliphatic rings. The number of rotatable bonds is 10. The van der Waals surface area contributed by atoms with E-state index in [2.05, 4.69) is 41.1 Å². The van der Waals surface area contributed by atoms with E-state index in [1.807, 2.05) is 42.1 Å². The highest BCUT2D eigenvalue weighted by Gasteiger charge is 2.13. The number of aromatic nitrogens is 1. The molecule has 0 amide bonds. The molecule has 0 unspecified atom stereocenters. The maximum atomic E-state index is 12.1. The monoisotopic (exact) mass is 419 g/mol. The first kappa shape index (κ1) is 22.9. The summed E-state index contributed by atoms with van der Waals surface area (Å²) in [5.41, 5.74) is 3.93. The SMILES string of the molecule is CN1CCN(CCc2ccc(/C=C(\C=O)CCC(=O)/C=C/c3cccn3C)cc2)CC1. The maximum absolute atomic E-state index is 12.1. The zero-order valence-electron chi connectivity index (χ0n) is 18.7. The number of aryl methyl sites for hydroxylation is 1. The van der Waals surface area contributed by atoms with Gasteiger partial charge < -0.3 is 14.4 Å². The maximum Gasteiger partial charge on any atom is 0.156 e. The van der Waals surface area contributed by atoms with Crippen molar-refractivity contribution in [3.05, 3.63) is 71.1 Å². The number of carbonyl (C=O) groups is 2. The minimum atomic E-state index is 0.0215. The molecule has 0 N–H and O–H groups in total. The van der Waals surface area contributed by atoms with Crippen molar-refractivity contribution in [2.45, 2.75) is 19.3 Å². The molecule has 1 aliphatic heterocycles. The van der Waals surface area contributed by atoms with Gasteiger partial charge in [0.1, 0.15) is 6.29 Å². The van der Waals surface area contributed by atoms with Crippen LogP contribution in [-0.4, -0.2) is 66.2 Å². The Morgan fingerprint density at radius 3 is 2.39 bits per heavy atom. The van der Waals surface area contributed by atoms with Crippen molar-refractivity contribution in [2.24, 2.45) is 7.05 Å². The summed E-state index contributed by atoms with van der Waals surface area (Å²) in [5.74, 6) is 0.0215. The lowest BCUT2D eigenvalue weighted by molar-refractivity contribution is -0.114. The van der Waals surface area contributed by atoms with E-state index in [-0.39, 0.29) is 5.78 Å². The predicted octanol–water partition coefficient (Wildman–Crippen LogP) is 3.46. The summed E-state index contributed by atoms with van der Waals surface area (Å²) in [7, 11) is 4.11. The summed E-state index contributed by atoms with van der Waals surface area (Å²) in [4.78, 5) is 28.5. The molecule has 164 valence electrons. The molecule has 1 aromatic heterocycles. The van der Waals surface area contributed by atoms with Gasteiger partial charge in [0.25, 0.3) is 0 Å². The van der Waals surface area contributed by atoms with Crippen LogP contribution in [0.1, 0.15) is 29.7 Å². The molecule has 0 atom stereocenters. The summed E-state index contributed by atoms with van der Waals surface area (Å²) in [6, 6.07) is 12.3. The van der Waals surface area contributed by atoms with Crippen LogP contribution in [0.25, 0.3) is 12.2 Å². The molecule has 5 heteroatoms. The van der Waals surface area contributed by atoms with E-state index in [1.165, 1.54) is 5.56 Å². The molecule has 1 saturated heterocycles. The van der Waals surface area contributed by atoms with E-state index < -0.39 is 0 Å².